The van der Waals surface area contributed by atoms with Gasteiger partial charge in [-0.05, 0) is 44.1 Å². The van der Waals surface area contributed by atoms with Gasteiger partial charge in [0.1, 0.15) is 0 Å². The van der Waals surface area contributed by atoms with Crippen LogP contribution in [-0.2, 0) is 0 Å². The molecule has 2 fully saturated rings. The summed E-state index contributed by atoms with van der Waals surface area (Å²) in [6, 6.07) is 1.86. The number of likely N-dealkylation sites (tertiary alicyclic amines) is 1. The number of nitrogens with zero attached hydrogens (tertiary/aromatic N) is 5. The number of piperidine rings is 1. The van der Waals surface area contributed by atoms with Crippen LogP contribution in [-0.4, -0.2) is 43.5 Å². The molecule has 0 aromatic carbocycles. The Hall–Kier alpha value is -1.98. The molecule has 0 bridgehead atoms. The van der Waals surface area contributed by atoms with E-state index in [1.54, 1.807) is 10.7 Å². The molecule has 1 aliphatic heterocycles. The first-order valence-corrected chi connectivity index (χ1v) is 8.65. The summed E-state index contributed by atoms with van der Waals surface area (Å²) in [5, 5.41) is 4.34. The molecule has 0 N–H and O–H groups in total. The van der Waals surface area contributed by atoms with Crippen LogP contribution < -0.4 is 0 Å². The number of aryl methyl sites for hydroxylation is 1. The van der Waals surface area contributed by atoms with Crippen LogP contribution in [0.2, 0.25) is 0 Å². The zero-order chi connectivity index (χ0) is 15.9. The minimum Gasteiger partial charge on any atom is -0.336 e. The molecular formula is C17H23N5O. The molecule has 1 aliphatic carbocycles. The summed E-state index contributed by atoms with van der Waals surface area (Å²) >= 11 is 0. The topological polar surface area (TPSA) is 63.4 Å². The number of carbonyl (C=O) groups excluding carboxylic acids is 1. The van der Waals surface area contributed by atoms with Crippen molar-refractivity contribution in [2.24, 2.45) is 5.41 Å². The molecule has 122 valence electrons. The van der Waals surface area contributed by atoms with Crippen molar-refractivity contribution in [3.8, 4) is 0 Å². The standard InChI is InChI=1S/C17H23N5O/c1-13-5-10-18-16-19-14(20-22(13)16)15(23)21-11-8-17(9-12-21)6-3-2-4-7-17/h5,10H,2-4,6-9,11-12H2,1H3. The molecule has 0 radical (unpaired) electrons. The molecule has 3 heterocycles. The number of fused-ring (bicyclic) bond motifs is 1. The monoisotopic (exact) mass is 313 g/mol. The Morgan fingerprint density at radius 1 is 1.13 bits per heavy atom. The molecule has 2 aromatic rings. The van der Waals surface area contributed by atoms with E-state index >= 15 is 0 Å². The second-order valence-corrected chi connectivity index (χ2v) is 7.09. The third-order valence-corrected chi connectivity index (χ3v) is 5.65. The SMILES string of the molecule is Cc1ccnc2nc(C(=O)N3CCC4(CCCCC4)CC3)nn12. The Morgan fingerprint density at radius 2 is 1.87 bits per heavy atom. The van der Waals surface area contributed by atoms with Crippen molar-refractivity contribution in [3.63, 3.8) is 0 Å². The Bertz CT molecular complexity index is 722. The molecule has 23 heavy (non-hydrogen) atoms. The van der Waals surface area contributed by atoms with Crippen molar-refractivity contribution in [3.05, 3.63) is 23.8 Å². The first kappa shape index (κ1) is 14.6. The molecule has 1 saturated carbocycles. The van der Waals surface area contributed by atoms with Gasteiger partial charge in [-0.2, -0.15) is 4.98 Å². The Balaban J connectivity index is 1.50. The number of hydrogen-bond acceptors (Lipinski definition) is 4. The zero-order valence-corrected chi connectivity index (χ0v) is 13.7. The molecule has 1 saturated heterocycles. The summed E-state index contributed by atoms with van der Waals surface area (Å²) < 4.78 is 1.64. The van der Waals surface area contributed by atoms with Gasteiger partial charge >= 0.3 is 0 Å². The van der Waals surface area contributed by atoms with Gasteiger partial charge in [0.25, 0.3) is 11.7 Å². The van der Waals surface area contributed by atoms with E-state index in [4.69, 9.17) is 0 Å². The van der Waals surface area contributed by atoms with E-state index in [1.807, 2.05) is 17.9 Å². The van der Waals surface area contributed by atoms with E-state index in [2.05, 4.69) is 15.1 Å². The second-order valence-electron chi connectivity index (χ2n) is 7.09. The van der Waals surface area contributed by atoms with Crippen molar-refractivity contribution in [2.45, 2.75) is 51.9 Å². The average molecular weight is 313 g/mol. The lowest BCUT2D eigenvalue weighted by Crippen LogP contribution is -2.44. The molecule has 2 aliphatic rings. The van der Waals surface area contributed by atoms with Gasteiger partial charge in [0.05, 0.1) is 0 Å². The van der Waals surface area contributed by atoms with Crippen molar-refractivity contribution in [1.29, 1.82) is 0 Å². The lowest BCUT2D eigenvalue weighted by atomic mass is 9.68. The van der Waals surface area contributed by atoms with Crippen LogP contribution in [0, 0.1) is 12.3 Å². The van der Waals surface area contributed by atoms with Crippen LogP contribution >= 0.6 is 0 Å². The maximum Gasteiger partial charge on any atom is 0.293 e. The minimum absolute atomic E-state index is 0.0550. The van der Waals surface area contributed by atoms with Gasteiger partial charge in [-0.15, -0.1) is 5.10 Å². The van der Waals surface area contributed by atoms with E-state index in [1.165, 1.54) is 32.1 Å². The van der Waals surface area contributed by atoms with E-state index in [0.29, 0.717) is 11.2 Å². The van der Waals surface area contributed by atoms with Crippen molar-refractivity contribution >= 4 is 11.7 Å². The first-order chi connectivity index (χ1) is 11.2. The van der Waals surface area contributed by atoms with Crippen molar-refractivity contribution < 1.29 is 4.79 Å². The first-order valence-electron chi connectivity index (χ1n) is 8.65. The second kappa shape index (κ2) is 5.58. The Morgan fingerprint density at radius 3 is 2.57 bits per heavy atom. The third-order valence-electron chi connectivity index (χ3n) is 5.65. The van der Waals surface area contributed by atoms with Gasteiger partial charge < -0.3 is 4.90 Å². The fourth-order valence-electron chi connectivity index (χ4n) is 4.12. The van der Waals surface area contributed by atoms with Gasteiger partial charge in [-0.25, -0.2) is 9.50 Å². The van der Waals surface area contributed by atoms with E-state index in [-0.39, 0.29) is 11.7 Å². The molecule has 2 aromatic heterocycles. The predicted molar refractivity (Wildman–Crippen MR) is 86.2 cm³/mol. The number of aromatic nitrogens is 4. The highest BCUT2D eigenvalue weighted by Crippen LogP contribution is 2.44. The normalized spacial score (nSPS) is 21.0. The smallest absolute Gasteiger partial charge is 0.293 e. The molecule has 6 heteroatoms. The number of rotatable bonds is 1. The van der Waals surface area contributed by atoms with E-state index in [9.17, 15) is 4.79 Å². The fraction of sp³-hybridized carbons (Fsp3) is 0.647. The summed E-state index contributed by atoms with van der Waals surface area (Å²) in [4.78, 5) is 23.1. The minimum atomic E-state index is -0.0550. The van der Waals surface area contributed by atoms with Gasteiger partial charge in [0.15, 0.2) is 0 Å². The molecular weight excluding hydrogens is 290 g/mol. The fourth-order valence-corrected chi connectivity index (χ4v) is 4.12. The Labute approximate surface area is 135 Å². The van der Waals surface area contributed by atoms with Crippen molar-refractivity contribution in [1.82, 2.24) is 24.5 Å². The number of amides is 1. The largest absolute Gasteiger partial charge is 0.336 e. The number of hydrogen-bond donors (Lipinski definition) is 0. The molecule has 4 rings (SSSR count). The zero-order valence-electron chi connectivity index (χ0n) is 13.7. The highest BCUT2D eigenvalue weighted by Gasteiger charge is 2.37. The molecule has 0 atom stereocenters. The molecule has 1 spiro atoms. The summed E-state index contributed by atoms with van der Waals surface area (Å²) in [7, 11) is 0. The summed E-state index contributed by atoms with van der Waals surface area (Å²) in [6.45, 7) is 3.60. The Kier molecular flexibility index (Phi) is 3.54. The van der Waals surface area contributed by atoms with Gasteiger partial charge in [0.2, 0.25) is 5.82 Å². The maximum atomic E-state index is 12.7. The van der Waals surface area contributed by atoms with Gasteiger partial charge in [-0.1, -0.05) is 19.3 Å². The highest BCUT2D eigenvalue weighted by molar-refractivity contribution is 5.91. The average Bonchev–Trinajstić information content (AvgIpc) is 3.01. The van der Waals surface area contributed by atoms with Crippen LogP contribution in [0.4, 0.5) is 0 Å². The number of carbonyl (C=O) groups is 1. The molecule has 6 nitrogen and oxygen atoms in total. The lowest BCUT2D eigenvalue weighted by molar-refractivity contribution is 0.0462. The van der Waals surface area contributed by atoms with Crippen LogP contribution in [0.25, 0.3) is 5.78 Å². The van der Waals surface area contributed by atoms with Crippen LogP contribution in [0.5, 0.6) is 0 Å². The van der Waals surface area contributed by atoms with E-state index < -0.39 is 0 Å². The highest BCUT2D eigenvalue weighted by atomic mass is 16.2. The third kappa shape index (κ3) is 2.60. The van der Waals surface area contributed by atoms with Crippen molar-refractivity contribution in [2.75, 3.05) is 13.1 Å². The lowest BCUT2D eigenvalue weighted by Gasteiger charge is -2.44. The van der Waals surface area contributed by atoms with Crippen LogP contribution in [0.3, 0.4) is 0 Å². The predicted octanol–water partition coefficient (Wildman–Crippen LogP) is 2.62. The van der Waals surface area contributed by atoms with Crippen LogP contribution in [0.1, 0.15) is 61.3 Å². The van der Waals surface area contributed by atoms with E-state index in [0.717, 1.165) is 31.6 Å². The van der Waals surface area contributed by atoms with Gasteiger partial charge in [0, 0.05) is 25.0 Å². The summed E-state index contributed by atoms with van der Waals surface area (Å²) in [5.74, 6) is 0.709. The van der Waals surface area contributed by atoms with Gasteiger partial charge in [-0.3, -0.25) is 4.79 Å². The molecule has 0 unspecified atom stereocenters. The van der Waals surface area contributed by atoms with Crippen LogP contribution in [0.15, 0.2) is 12.3 Å². The summed E-state index contributed by atoms with van der Waals surface area (Å²) in [6.07, 6.45) is 10.7. The molecule has 1 amide bonds. The summed E-state index contributed by atoms with van der Waals surface area (Å²) in [5.41, 5.74) is 1.43. The quantitative estimate of drug-likeness (QED) is 0.812. The maximum absolute atomic E-state index is 12.7.